The molecule has 138 valence electrons. The third kappa shape index (κ3) is 4.21. The molecule has 1 heterocycles. The van der Waals surface area contributed by atoms with Gasteiger partial charge in [0.25, 0.3) is 0 Å². The second-order valence-corrected chi connectivity index (χ2v) is 6.69. The Bertz CT molecular complexity index is 1030. The summed E-state index contributed by atoms with van der Waals surface area (Å²) in [5.74, 6) is 0.0403. The molecule has 10 heteroatoms. The predicted octanol–water partition coefficient (Wildman–Crippen LogP) is 6.14. The quantitative estimate of drug-likeness (QED) is 0.377. The fraction of sp³-hybridized carbons (Fsp3) is 0.0588. The van der Waals surface area contributed by atoms with Crippen LogP contribution in [0.4, 0.5) is 28.7 Å². The van der Waals surface area contributed by atoms with Gasteiger partial charge in [0.1, 0.15) is 6.33 Å². The monoisotopic (exact) mass is 423 g/mol. The number of hydrogen-bond acceptors (Lipinski definition) is 6. The van der Waals surface area contributed by atoms with Crippen molar-refractivity contribution in [2.24, 2.45) is 0 Å². The van der Waals surface area contributed by atoms with E-state index in [1.54, 1.807) is 43.3 Å². The van der Waals surface area contributed by atoms with Crippen molar-refractivity contribution in [3.05, 3.63) is 73.5 Å². The maximum Gasteiger partial charge on any atom is 0.353 e. The first-order chi connectivity index (χ1) is 12.9. The van der Waals surface area contributed by atoms with Crippen LogP contribution in [0.5, 0.6) is 0 Å². The average molecular weight is 425 g/mol. The minimum absolute atomic E-state index is 0.00979. The van der Waals surface area contributed by atoms with Crippen molar-refractivity contribution in [1.82, 2.24) is 9.97 Å². The number of hydrogen-bond donors (Lipinski definition) is 2. The van der Waals surface area contributed by atoms with E-state index in [2.05, 4.69) is 20.6 Å². The minimum atomic E-state index is -0.567. The van der Waals surface area contributed by atoms with Gasteiger partial charge in [-0.15, -0.1) is 0 Å². The minimum Gasteiger partial charge on any atom is -0.334 e. The van der Waals surface area contributed by atoms with Crippen LogP contribution in [-0.4, -0.2) is 14.9 Å². The molecule has 2 aromatic carbocycles. The summed E-state index contributed by atoms with van der Waals surface area (Å²) in [4.78, 5) is 19.1. The fourth-order valence-electron chi connectivity index (χ4n) is 2.32. The van der Waals surface area contributed by atoms with Gasteiger partial charge in [0.15, 0.2) is 0 Å². The molecule has 0 radical (unpaired) electrons. The molecule has 1 aromatic heterocycles. The van der Waals surface area contributed by atoms with Gasteiger partial charge < -0.3 is 10.6 Å². The molecule has 2 N–H and O–H groups in total. The lowest BCUT2D eigenvalue weighted by Gasteiger charge is -2.12. The lowest BCUT2D eigenvalue weighted by Crippen LogP contribution is -2.06. The van der Waals surface area contributed by atoms with Crippen LogP contribution in [-0.2, 0) is 0 Å². The highest BCUT2D eigenvalue weighted by molar-refractivity contribution is 6.42. The molecule has 0 unspecified atom stereocenters. The van der Waals surface area contributed by atoms with Gasteiger partial charge in [-0.1, -0.05) is 40.9 Å². The van der Waals surface area contributed by atoms with Crippen LogP contribution in [0, 0.1) is 17.0 Å². The molecular weight excluding hydrogens is 413 g/mol. The van der Waals surface area contributed by atoms with E-state index in [0.29, 0.717) is 26.4 Å². The second-order valence-electron chi connectivity index (χ2n) is 5.47. The van der Waals surface area contributed by atoms with Crippen molar-refractivity contribution in [1.29, 1.82) is 0 Å². The molecule has 7 nitrogen and oxygen atoms in total. The summed E-state index contributed by atoms with van der Waals surface area (Å²) in [7, 11) is 0. The Kier molecular flexibility index (Phi) is 5.65. The molecule has 27 heavy (non-hydrogen) atoms. The van der Waals surface area contributed by atoms with Gasteiger partial charge in [-0.3, -0.25) is 10.1 Å². The molecule has 0 amide bonds. The molecule has 0 aliphatic rings. The van der Waals surface area contributed by atoms with Crippen LogP contribution < -0.4 is 10.6 Å². The molecule has 0 fully saturated rings. The van der Waals surface area contributed by atoms with E-state index in [4.69, 9.17) is 34.8 Å². The Morgan fingerprint density at radius 1 is 0.963 bits per heavy atom. The standard InChI is InChI=1S/C17H12Cl3N5O2/c1-9-11(18)3-2-4-14(9)24-17-15(25(26)27)16(21-8-22-17)23-10-5-6-12(19)13(20)7-10/h2-8H,1H3,(H2,21,22,23,24). The van der Waals surface area contributed by atoms with Crippen molar-refractivity contribution >= 4 is 63.5 Å². The first kappa shape index (κ1) is 19.2. The largest absolute Gasteiger partial charge is 0.353 e. The molecule has 0 aliphatic carbocycles. The average Bonchev–Trinajstić information content (AvgIpc) is 2.62. The molecule has 0 spiro atoms. The highest BCUT2D eigenvalue weighted by Crippen LogP contribution is 2.35. The third-order valence-electron chi connectivity index (χ3n) is 3.71. The van der Waals surface area contributed by atoms with Gasteiger partial charge >= 0.3 is 5.69 Å². The topological polar surface area (TPSA) is 93.0 Å². The molecule has 0 bridgehead atoms. The Morgan fingerprint density at radius 3 is 2.33 bits per heavy atom. The van der Waals surface area contributed by atoms with Crippen LogP contribution in [0.25, 0.3) is 0 Å². The number of rotatable bonds is 5. The Labute approximate surface area is 169 Å². The summed E-state index contributed by atoms with van der Waals surface area (Å²) < 4.78 is 0. The Balaban J connectivity index is 2.01. The van der Waals surface area contributed by atoms with Gasteiger partial charge in [0.05, 0.1) is 15.0 Å². The predicted molar refractivity (Wildman–Crippen MR) is 108 cm³/mol. The number of benzene rings is 2. The Morgan fingerprint density at radius 2 is 1.67 bits per heavy atom. The van der Waals surface area contributed by atoms with E-state index in [9.17, 15) is 10.1 Å². The number of halogens is 3. The zero-order valence-electron chi connectivity index (χ0n) is 13.8. The van der Waals surface area contributed by atoms with Gasteiger partial charge in [0, 0.05) is 16.4 Å². The van der Waals surface area contributed by atoms with Crippen molar-refractivity contribution in [2.75, 3.05) is 10.6 Å². The van der Waals surface area contributed by atoms with E-state index >= 15 is 0 Å². The van der Waals surface area contributed by atoms with Gasteiger partial charge in [-0.25, -0.2) is 9.97 Å². The number of nitrogens with zero attached hydrogens (tertiary/aromatic N) is 3. The van der Waals surface area contributed by atoms with Crippen molar-refractivity contribution < 1.29 is 4.92 Å². The molecule has 0 saturated heterocycles. The summed E-state index contributed by atoms with van der Waals surface area (Å²) >= 11 is 18.0. The second kappa shape index (κ2) is 7.96. The summed E-state index contributed by atoms with van der Waals surface area (Å²) in [6.45, 7) is 1.80. The van der Waals surface area contributed by atoms with E-state index in [0.717, 1.165) is 5.56 Å². The van der Waals surface area contributed by atoms with E-state index in [1.165, 1.54) is 6.33 Å². The maximum absolute atomic E-state index is 11.7. The number of anilines is 4. The van der Waals surface area contributed by atoms with Gasteiger partial charge in [0.2, 0.25) is 11.6 Å². The summed E-state index contributed by atoms with van der Waals surface area (Å²) in [6, 6.07) is 9.97. The van der Waals surface area contributed by atoms with E-state index in [-0.39, 0.29) is 17.3 Å². The highest BCUT2D eigenvalue weighted by Gasteiger charge is 2.24. The summed E-state index contributed by atoms with van der Waals surface area (Å²) in [6.07, 6.45) is 1.22. The van der Waals surface area contributed by atoms with Crippen LogP contribution in [0.2, 0.25) is 15.1 Å². The van der Waals surface area contributed by atoms with Crippen molar-refractivity contribution in [3.8, 4) is 0 Å². The number of aromatic nitrogens is 2. The number of nitrogens with one attached hydrogen (secondary N) is 2. The Hall–Kier alpha value is -2.61. The molecule has 0 atom stereocenters. The number of nitro groups is 1. The SMILES string of the molecule is Cc1c(Cl)cccc1Nc1ncnc(Nc2ccc(Cl)c(Cl)c2)c1[N+](=O)[O-]. The molecule has 3 aromatic rings. The molecule has 3 rings (SSSR count). The summed E-state index contributed by atoms with van der Waals surface area (Å²) in [5, 5.41) is 18.7. The van der Waals surface area contributed by atoms with E-state index in [1.807, 2.05) is 0 Å². The molecule has 0 aliphatic heterocycles. The van der Waals surface area contributed by atoms with E-state index < -0.39 is 4.92 Å². The zero-order chi connectivity index (χ0) is 19.6. The van der Waals surface area contributed by atoms with Crippen LogP contribution in [0.3, 0.4) is 0 Å². The van der Waals surface area contributed by atoms with Gasteiger partial charge in [-0.2, -0.15) is 0 Å². The molecule has 0 saturated carbocycles. The first-order valence-corrected chi connectivity index (χ1v) is 8.74. The lowest BCUT2D eigenvalue weighted by molar-refractivity contribution is -0.383. The highest BCUT2D eigenvalue weighted by atomic mass is 35.5. The van der Waals surface area contributed by atoms with Crippen LogP contribution in [0.15, 0.2) is 42.7 Å². The summed E-state index contributed by atoms with van der Waals surface area (Å²) in [5.41, 5.74) is 1.52. The maximum atomic E-state index is 11.7. The van der Waals surface area contributed by atoms with Gasteiger partial charge in [-0.05, 0) is 42.8 Å². The van der Waals surface area contributed by atoms with Crippen LogP contribution in [0.1, 0.15) is 5.56 Å². The van der Waals surface area contributed by atoms with Crippen LogP contribution >= 0.6 is 34.8 Å². The van der Waals surface area contributed by atoms with Crippen molar-refractivity contribution in [2.45, 2.75) is 6.92 Å². The fourth-order valence-corrected chi connectivity index (χ4v) is 2.79. The normalized spacial score (nSPS) is 10.5. The zero-order valence-corrected chi connectivity index (χ0v) is 16.1. The van der Waals surface area contributed by atoms with Crippen molar-refractivity contribution in [3.63, 3.8) is 0 Å². The lowest BCUT2D eigenvalue weighted by atomic mass is 10.2. The molecular formula is C17H12Cl3N5O2. The first-order valence-electron chi connectivity index (χ1n) is 7.60. The third-order valence-corrected chi connectivity index (χ3v) is 4.86. The smallest absolute Gasteiger partial charge is 0.334 e.